The van der Waals surface area contributed by atoms with Gasteiger partial charge in [-0.1, -0.05) is 0 Å². The minimum atomic E-state index is -3.78. The summed E-state index contributed by atoms with van der Waals surface area (Å²) in [5, 5.41) is 9.11. The minimum Gasteiger partial charge on any atom is -0.481 e. The molecule has 112 valence electrons. The highest BCUT2D eigenvalue weighted by Gasteiger charge is 2.42. The van der Waals surface area contributed by atoms with Gasteiger partial charge >= 0.3 is 5.97 Å². The fraction of sp³-hybridized carbons (Fsp3) is 0.500. The number of rotatable bonds is 4. The van der Waals surface area contributed by atoms with Crippen LogP contribution in [-0.2, 0) is 19.6 Å². The third kappa shape index (κ3) is 2.95. The molecule has 1 aromatic rings. The molecule has 1 aliphatic rings. The maximum Gasteiger partial charge on any atom is 0.310 e. The van der Waals surface area contributed by atoms with Gasteiger partial charge in [0.1, 0.15) is 4.90 Å². The second kappa shape index (κ2) is 6.01. The number of ether oxygens (including phenoxy) is 1. The first-order chi connectivity index (χ1) is 9.25. The van der Waals surface area contributed by atoms with Gasteiger partial charge < -0.3 is 9.84 Å². The Hall–Kier alpha value is -0.000000000000000333. The fourth-order valence-electron chi connectivity index (χ4n) is 1.97. The van der Waals surface area contributed by atoms with Crippen LogP contribution in [0.4, 0.5) is 0 Å². The summed E-state index contributed by atoms with van der Waals surface area (Å²) in [7, 11) is -2.40. The van der Waals surface area contributed by atoms with Crippen LogP contribution in [0.5, 0.6) is 0 Å². The summed E-state index contributed by atoms with van der Waals surface area (Å²) >= 11 is 7.68. The van der Waals surface area contributed by atoms with Crippen LogP contribution in [0.3, 0.4) is 0 Å². The Kier molecular flexibility index (Phi) is 4.92. The maximum absolute atomic E-state index is 12.6. The number of carbonyl (C=O) groups is 1. The molecule has 0 spiro atoms. The Balaban J connectivity index is 2.34. The van der Waals surface area contributed by atoms with E-state index in [1.807, 2.05) is 0 Å². The van der Waals surface area contributed by atoms with Crippen LogP contribution in [0, 0.1) is 5.92 Å². The molecule has 0 saturated carbocycles. The molecule has 1 N–H and O–H groups in total. The fourth-order valence-corrected chi connectivity index (χ4v) is 7.11. The van der Waals surface area contributed by atoms with E-state index in [1.54, 1.807) is 0 Å². The van der Waals surface area contributed by atoms with E-state index in [0.29, 0.717) is 7.57 Å². The molecule has 0 amide bonds. The summed E-state index contributed by atoms with van der Waals surface area (Å²) in [5.41, 5.74) is 0. The number of carboxylic acids is 1. The van der Waals surface area contributed by atoms with Crippen molar-refractivity contribution in [3.63, 3.8) is 0 Å². The molecule has 1 aromatic heterocycles. The van der Waals surface area contributed by atoms with Crippen LogP contribution < -0.4 is 0 Å². The molecular formula is C10H11Br2NO5S2. The molecule has 6 nitrogen and oxygen atoms in total. The van der Waals surface area contributed by atoms with Gasteiger partial charge in [-0.05, 0) is 37.9 Å². The van der Waals surface area contributed by atoms with Gasteiger partial charge in [0.15, 0.2) is 0 Å². The normalized spacial score (nSPS) is 23.4. The number of thiophene rings is 1. The molecule has 2 rings (SSSR count). The van der Waals surface area contributed by atoms with Gasteiger partial charge in [-0.3, -0.25) is 4.79 Å². The second-order valence-electron chi connectivity index (χ2n) is 4.26. The smallest absolute Gasteiger partial charge is 0.310 e. The third-order valence-electron chi connectivity index (χ3n) is 3.12. The zero-order valence-corrected chi connectivity index (χ0v) is 15.1. The molecular weight excluding hydrogens is 438 g/mol. The molecule has 2 unspecified atom stereocenters. The number of hydrogen-bond donors (Lipinski definition) is 1. The lowest BCUT2D eigenvalue weighted by atomic mass is 10.1. The Bertz CT molecular complexity index is 630. The summed E-state index contributed by atoms with van der Waals surface area (Å²) in [6.45, 7) is 0.101. The SMILES string of the molecule is CN(C1COCC1C(=O)O)S(=O)(=O)c1cc(Br)sc1Br. The molecule has 0 radical (unpaired) electrons. The van der Waals surface area contributed by atoms with E-state index in [1.165, 1.54) is 24.5 Å². The van der Waals surface area contributed by atoms with Crippen molar-refractivity contribution in [3.05, 3.63) is 13.6 Å². The van der Waals surface area contributed by atoms with Crippen LogP contribution in [0.15, 0.2) is 18.5 Å². The highest BCUT2D eigenvalue weighted by molar-refractivity contribution is 9.12. The summed E-state index contributed by atoms with van der Waals surface area (Å²) < 4.78 is 32.5. The summed E-state index contributed by atoms with van der Waals surface area (Å²) in [6.07, 6.45) is 0. The monoisotopic (exact) mass is 447 g/mol. The van der Waals surface area contributed by atoms with E-state index in [0.717, 1.165) is 4.31 Å². The lowest BCUT2D eigenvalue weighted by molar-refractivity contribution is -0.142. The Morgan fingerprint density at radius 3 is 2.65 bits per heavy atom. The Morgan fingerprint density at radius 2 is 2.15 bits per heavy atom. The molecule has 1 aliphatic heterocycles. The predicted octanol–water partition coefficient (Wildman–Crippen LogP) is 1.99. The van der Waals surface area contributed by atoms with Crippen LogP contribution in [0.2, 0.25) is 0 Å². The first-order valence-corrected chi connectivity index (χ1v) is 9.33. The molecule has 10 heteroatoms. The average molecular weight is 449 g/mol. The van der Waals surface area contributed by atoms with Crippen molar-refractivity contribution < 1.29 is 23.1 Å². The zero-order chi connectivity index (χ0) is 15.1. The molecule has 20 heavy (non-hydrogen) atoms. The van der Waals surface area contributed by atoms with E-state index >= 15 is 0 Å². The molecule has 0 bridgehead atoms. The van der Waals surface area contributed by atoms with Gasteiger partial charge in [0.2, 0.25) is 10.0 Å². The number of carboxylic acid groups (broad SMARTS) is 1. The maximum atomic E-state index is 12.6. The highest BCUT2D eigenvalue weighted by atomic mass is 79.9. The van der Waals surface area contributed by atoms with Crippen LogP contribution in [0.25, 0.3) is 0 Å². The van der Waals surface area contributed by atoms with E-state index in [2.05, 4.69) is 31.9 Å². The Labute approximate surface area is 137 Å². The Morgan fingerprint density at radius 1 is 1.50 bits per heavy atom. The van der Waals surface area contributed by atoms with Gasteiger partial charge in [0.05, 0.1) is 32.7 Å². The standard InChI is InChI=1S/C10H11Br2NO5S2/c1-13(6-4-18-3-5(6)10(14)15)20(16,17)7-2-8(11)19-9(7)12/h2,5-6H,3-4H2,1H3,(H,14,15). The summed E-state index contributed by atoms with van der Waals surface area (Å²) in [4.78, 5) is 11.3. The second-order valence-corrected chi connectivity index (χ2v) is 9.97. The van der Waals surface area contributed by atoms with Crippen molar-refractivity contribution in [2.24, 2.45) is 5.92 Å². The zero-order valence-electron chi connectivity index (χ0n) is 10.2. The van der Waals surface area contributed by atoms with Crippen LogP contribution in [-0.4, -0.2) is 50.1 Å². The number of likely N-dealkylation sites (N-methyl/N-ethyl adjacent to an activating group) is 1. The lowest BCUT2D eigenvalue weighted by Crippen LogP contribution is -2.44. The largest absolute Gasteiger partial charge is 0.481 e. The van der Waals surface area contributed by atoms with E-state index in [4.69, 9.17) is 9.84 Å². The summed E-state index contributed by atoms with van der Waals surface area (Å²) in [6, 6.07) is 0.787. The van der Waals surface area contributed by atoms with Gasteiger partial charge in [-0.15, -0.1) is 11.3 Å². The number of nitrogens with zero attached hydrogens (tertiary/aromatic N) is 1. The average Bonchev–Trinajstić information content (AvgIpc) is 2.94. The summed E-state index contributed by atoms with van der Waals surface area (Å²) in [5.74, 6) is -1.91. The lowest BCUT2D eigenvalue weighted by Gasteiger charge is -2.25. The van der Waals surface area contributed by atoms with Gasteiger partial charge in [0, 0.05) is 7.05 Å². The molecule has 1 fully saturated rings. The van der Waals surface area contributed by atoms with Crippen LogP contribution >= 0.6 is 43.2 Å². The van der Waals surface area contributed by atoms with Crippen molar-refractivity contribution >= 4 is 59.2 Å². The van der Waals surface area contributed by atoms with Crippen molar-refractivity contribution in [2.75, 3.05) is 20.3 Å². The number of hydrogen-bond acceptors (Lipinski definition) is 5. The quantitative estimate of drug-likeness (QED) is 0.761. The molecule has 0 aliphatic carbocycles. The van der Waals surface area contributed by atoms with E-state index in [-0.39, 0.29) is 18.1 Å². The van der Waals surface area contributed by atoms with Crippen molar-refractivity contribution in [1.82, 2.24) is 4.31 Å². The number of aliphatic carboxylic acids is 1. The topological polar surface area (TPSA) is 83.9 Å². The van der Waals surface area contributed by atoms with Gasteiger partial charge in [0.25, 0.3) is 0 Å². The van der Waals surface area contributed by atoms with Gasteiger partial charge in [-0.25, -0.2) is 8.42 Å². The number of halogens is 2. The first kappa shape index (κ1) is 16.4. The predicted molar refractivity (Wildman–Crippen MR) is 80.4 cm³/mol. The number of sulfonamides is 1. The first-order valence-electron chi connectivity index (χ1n) is 5.48. The molecule has 2 atom stereocenters. The molecule has 2 heterocycles. The molecule has 0 aromatic carbocycles. The van der Waals surface area contributed by atoms with Crippen molar-refractivity contribution in [3.8, 4) is 0 Å². The third-order valence-corrected chi connectivity index (χ3v) is 7.75. The minimum absolute atomic E-state index is 0.0222. The van der Waals surface area contributed by atoms with Gasteiger partial charge in [-0.2, -0.15) is 4.31 Å². The van der Waals surface area contributed by atoms with Crippen molar-refractivity contribution in [1.29, 1.82) is 0 Å². The van der Waals surface area contributed by atoms with Crippen LogP contribution in [0.1, 0.15) is 0 Å². The van der Waals surface area contributed by atoms with E-state index in [9.17, 15) is 13.2 Å². The molecule has 1 saturated heterocycles. The highest BCUT2D eigenvalue weighted by Crippen LogP contribution is 2.37. The van der Waals surface area contributed by atoms with E-state index < -0.39 is 28.0 Å². The van der Waals surface area contributed by atoms with Crippen molar-refractivity contribution in [2.45, 2.75) is 10.9 Å².